The fraction of sp³-hybridized carbons (Fsp3) is 0.143. The molecule has 0 saturated heterocycles. The van der Waals surface area contributed by atoms with E-state index in [1.54, 1.807) is 6.92 Å². The van der Waals surface area contributed by atoms with Crippen molar-refractivity contribution in [3.63, 3.8) is 0 Å². The molecule has 1 aromatic rings. The van der Waals surface area contributed by atoms with Crippen LogP contribution in [-0.4, -0.2) is 66.8 Å². The molecule has 0 unspecified atom stereocenters. The Bertz CT molecular complexity index is 484. The van der Waals surface area contributed by atoms with E-state index in [-0.39, 0.29) is 48.9 Å². The van der Waals surface area contributed by atoms with Crippen LogP contribution >= 0.6 is 0 Å². The minimum absolute atomic E-state index is 0. The zero-order chi connectivity index (χ0) is 10.9. The van der Waals surface area contributed by atoms with Crippen LogP contribution in [0.1, 0.15) is 5.56 Å². The third-order valence-corrected chi connectivity index (χ3v) is 2.49. The third kappa shape index (κ3) is 3.87. The van der Waals surface area contributed by atoms with Crippen LogP contribution in [0.15, 0.2) is 23.1 Å². The average molecular weight is 357 g/mol. The summed E-state index contributed by atoms with van der Waals surface area (Å²) in [6, 6.07) is 3.46. The van der Waals surface area contributed by atoms with Crippen LogP contribution in [0.4, 0.5) is 5.69 Å². The number of nitro groups is 1. The molecular weight excluding hydrogens is 347 g/mol. The Hall–Kier alpha value is 0.101. The monoisotopic (exact) mass is 357 g/mol. The van der Waals surface area contributed by atoms with Gasteiger partial charge in [-0.15, -0.1) is 0 Å². The minimum atomic E-state index is -4.54. The topological polar surface area (TPSA) is 97.5 Å². The van der Waals surface area contributed by atoms with Gasteiger partial charge in [0.05, 0.1) is 4.92 Å². The second-order valence-corrected chi connectivity index (χ2v) is 4.09. The normalized spacial score (nSPS) is 10.5. The number of benzene rings is 1. The first kappa shape index (κ1) is 15.1. The molecule has 6 nitrogen and oxygen atoms in total. The standard InChI is InChI=1S/C7H7NO5S.Ba.2H/c1-5-2-3-7(14(11,12)13)6(4-5)8(9)10;;;/h2-4H,1H3,(H,11,12,13);;;. The van der Waals surface area contributed by atoms with E-state index in [0.29, 0.717) is 5.56 Å². The van der Waals surface area contributed by atoms with Crippen LogP contribution in [0.5, 0.6) is 0 Å². The van der Waals surface area contributed by atoms with Gasteiger partial charge in [-0.3, -0.25) is 14.7 Å². The molecule has 0 atom stereocenters. The van der Waals surface area contributed by atoms with Crippen molar-refractivity contribution in [2.45, 2.75) is 11.8 Å². The van der Waals surface area contributed by atoms with Crippen molar-refractivity contribution in [2.24, 2.45) is 0 Å². The molecule has 0 aliphatic carbocycles. The van der Waals surface area contributed by atoms with E-state index in [2.05, 4.69) is 0 Å². The van der Waals surface area contributed by atoms with Crippen molar-refractivity contribution < 1.29 is 17.9 Å². The van der Waals surface area contributed by atoms with Crippen LogP contribution in [0.3, 0.4) is 0 Å². The van der Waals surface area contributed by atoms with Crippen LogP contribution in [-0.2, 0) is 10.1 Å². The van der Waals surface area contributed by atoms with Gasteiger partial charge in [0.1, 0.15) is 0 Å². The first-order valence-electron chi connectivity index (χ1n) is 3.55. The molecule has 0 bridgehead atoms. The van der Waals surface area contributed by atoms with E-state index in [1.807, 2.05) is 0 Å². The van der Waals surface area contributed by atoms with E-state index >= 15 is 0 Å². The van der Waals surface area contributed by atoms with Gasteiger partial charge in [0.15, 0.2) is 4.90 Å². The third-order valence-electron chi connectivity index (χ3n) is 1.59. The first-order valence-corrected chi connectivity index (χ1v) is 4.99. The van der Waals surface area contributed by atoms with Crippen LogP contribution in [0.2, 0.25) is 0 Å². The van der Waals surface area contributed by atoms with E-state index in [0.717, 1.165) is 12.1 Å². The molecule has 1 rings (SSSR count). The van der Waals surface area contributed by atoms with Gasteiger partial charge < -0.3 is 0 Å². The van der Waals surface area contributed by atoms with Crippen molar-refractivity contribution in [2.75, 3.05) is 0 Å². The number of aryl methyl sites for hydroxylation is 1. The second kappa shape index (κ2) is 5.44. The molecule has 0 spiro atoms. The zero-order valence-corrected chi connectivity index (χ0v) is 7.98. The molecule has 0 aromatic heterocycles. The summed E-state index contributed by atoms with van der Waals surface area (Å²) in [5, 5.41) is 10.5. The molecule has 80 valence electrons. The van der Waals surface area contributed by atoms with Crippen molar-refractivity contribution >= 4 is 64.7 Å². The fourth-order valence-electron chi connectivity index (χ4n) is 0.988. The molecule has 8 heteroatoms. The van der Waals surface area contributed by atoms with Crippen LogP contribution < -0.4 is 0 Å². The van der Waals surface area contributed by atoms with Gasteiger partial charge in [-0.05, 0) is 18.6 Å². The summed E-state index contributed by atoms with van der Waals surface area (Å²) in [6.45, 7) is 1.58. The van der Waals surface area contributed by atoms with Gasteiger partial charge in [-0.1, -0.05) is 6.07 Å². The molecule has 0 fully saturated rings. The summed E-state index contributed by atoms with van der Waals surface area (Å²) in [5.41, 5.74) is -0.0726. The maximum absolute atomic E-state index is 10.7. The van der Waals surface area contributed by atoms with Gasteiger partial charge in [-0.2, -0.15) is 8.42 Å². The zero-order valence-electron chi connectivity index (χ0n) is 7.17. The Morgan fingerprint density at radius 3 is 2.33 bits per heavy atom. The number of nitrogens with zero attached hydrogens (tertiary/aromatic N) is 1. The predicted molar refractivity (Wildman–Crippen MR) is 56.2 cm³/mol. The number of hydrogen-bond donors (Lipinski definition) is 1. The Labute approximate surface area is 127 Å². The molecular formula is C7H9BaNO5S. The van der Waals surface area contributed by atoms with Crippen LogP contribution in [0.25, 0.3) is 0 Å². The van der Waals surface area contributed by atoms with Crippen molar-refractivity contribution in [1.29, 1.82) is 0 Å². The molecule has 0 saturated carbocycles. The molecule has 0 radical (unpaired) electrons. The van der Waals surface area contributed by atoms with Crippen molar-refractivity contribution in [3.05, 3.63) is 33.9 Å². The van der Waals surface area contributed by atoms with E-state index in [4.69, 9.17) is 4.55 Å². The average Bonchev–Trinajstić information content (AvgIpc) is 2.01. The van der Waals surface area contributed by atoms with Gasteiger partial charge in [0, 0.05) is 6.07 Å². The van der Waals surface area contributed by atoms with E-state index in [1.165, 1.54) is 6.07 Å². The number of rotatable bonds is 2. The summed E-state index contributed by atoms with van der Waals surface area (Å²) in [6.07, 6.45) is 0. The SMILES string of the molecule is Cc1ccc(S(=O)(=O)O)c([N+](=O)[O-])c1.[BaH2]. The molecule has 0 amide bonds. The van der Waals surface area contributed by atoms with Gasteiger partial charge in [0.2, 0.25) is 0 Å². The first-order chi connectivity index (χ1) is 6.32. The summed E-state index contributed by atoms with van der Waals surface area (Å²) >= 11 is 0. The summed E-state index contributed by atoms with van der Waals surface area (Å²) in [5.74, 6) is 0. The summed E-state index contributed by atoms with van der Waals surface area (Å²) in [7, 11) is -4.54. The Kier molecular flexibility index (Phi) is 5.47. The molecule has 15 heavy (non-hydrogen) atoms. The molecule has 0 aliphatic heterocycles. The number of hydrogen-bond acceptors (Lipinski definition) is 4. The molecule has 0 heterocycles. The van der Waals surface area contributed by atoms with E-state index < -0.39 is 25.6 Å². The summed E-state index contributed by atoms with van der Waals surface area (Å²) in [4.78, 5) is 8.91. The van der Waals surface area contributed by atoms with Gasteiger partial charge in [0.25, 0.3) is 5.69 Å². The van der Waals surface area contributed by atoms with Gasteiger partial charge >= 0.3 is 59.0 Å². The molecule has 0 aliphatic rings. The Morgan fingerprint density at radius 2 is 1.93 bits per heavy atom. The van der Waals surface area contributed by atoms with E-state index in [9.17, 15) is 18.5 Å². The fourth-order valence-corrected chi connectivity index (χ4v) is 1.63. The Balaban J connectivity index is 0.00000196. The van der Waals surface area contributed by atoms with Crippen molar-refractivity contribution in [3.8, 4) is 0 Å². The van der Waals surface area contributed by atoms with Gasteiger partial charge in [-0.25, -0.2) is 0 Å². The van der Waals surface area contributed by atoms with Crippen molar-refractivity contribution in [1.82, 2.24) is 0 Å². The second-order valence-electron chi connectivity index (χ2n) is 2.70. The number of nitro benzene ring substituents is 1. The molecule has 1 N–H and O–H groups in total. The maximum atomic E-state index is 10.7. The predicted octanol–water partition coefficient (Wildman–Crippen LogP) is 0.234. The summed E-state index contributed by atoms with van der Waals surface area (Å²) < 4.78 is 30.1. The van der Waals surface area contributed by atoms with Crippen LogP contribution in [0, 0.1) is 17.0 Å². The Morgan fingerprint density at radius 1 is 1.40 bits per heavy atom. The molecule has 1 aromatic carbocycles. The quantitative estimate of drug-likeness (QED) is 0.354.